The van der Waals surface area contributed by atoms with Crippen LogP contribution < -0.4 is 4.72 Å². The Kier molecular flexibility index (Phi) is 6.49. The molecule has 0 radical (unpaired) electrons. The number of anilines is 1. The van der Waals surface area contributed by atoms with E-state index in [1.165, 1.54) is 36.2 Å². The highest BCUT2D eigenvalue weighted by molar-refractivity contribution is 7.98. The molecule has 0 saturated carbocycles. The highest BCUT2D eigenvalue weighted by Crippen LogP contribution is 2.21. The molecular formula is C16H18FN3O3S2. The van der Waals surface area contributed by atoms with Crippen LogP contribution in [-0.4, -0.2) is 36.2 Å². The van der Waals surface area contributed by atoms with Gasteiger partial charge in [0.15, 0.2) is 16.8 Å². The Balaban J connectivity index is 2.24. The van der Waals surface area contributed by atoms with Crippen molar-refractivity contribution in [1.29, 1.82) is 0 Å². The lowest BCUT2D eigenvalue weighted by molar-refractivity contribution is 0.0988. The first-order valence-corrected chi connectivity index (χ1v) is 10.4. The predicted molar refractivity (Wildman–Crippen MR) is 95.9 cm³/mol. The second-order valence-electron chi connectivity index (χ2n) is 5.22. The van der Waals surface area contributed by atoms with Gasteiger partial charge in [0, 0.05) is 6.20 Å². The highest BCUT2D eigenvalue weighted by Gasteiger charge is 2.19. The van der Waals surface area contributed by atoms with E-state index in [-0.39, 0.29) is 23.4 Å². The Bertz CT molecular complexity index is 873. The standard InChI is InChI=1S/C16H18FN3O3S2/c1-3-9-25(22,23)20-13-6-4-5-12(15(13)17)14(21)10-11-7-8-18-16(19-11)24-2/h4-8,20H,3,9-10H2,1-2H3. The van der Waals surface area contributed by atoms with E-state index >= 15 is 0 Å². The normalized spacial score (nSPS) is 11.3. The SMILES string of the molecule is CCCS(=O)(=O)Nc1cccc(C(=O)Cc2ccnc(SC)n2)c1F. The number of thioether (sulfide) groups is 1. The third-order valence-corrected chi connectivity index (χ3v) is 5.29. The van der Waals surface area contributed by atoms with Crippen molar-refractivity contribution in [3.8, 4) is 0 Å². The van der Waals surface area contributed by atoms with Gasteiger partial charge in [0.1, 0.15) is 0 Å². The van der Waals surface area contributed by atoms with E-state index in [4.69, 9.17) is 0 Å². The van der Waals surface area contributed by atoms with Gasteiger partial charge in [0.25, 0.3) is 0 Å². The van der Waals surface area contributed by atoms with Crippen LogP contribution in [0.4, 0.5) is 10.1 Å². The van der Waals surface area contributed by atoms with E-state index in [1.807, 2.05) is 6.26 Å². The molecule has 6 nitrogen and oxygen atoms in total. The molecule has 0 bridgehead atoms. The number of halogens is 1. The number of hydrogen-bond donors (Lipinski definition) is 1. The zero-order chi connectivity index (χ0) is 18.4. The first kappa shape index (κ1) is 19.3. The molecule has 1 aromatic heterocycles. The van der Waals surface area contributed by atoms with Gasteiger partial charge in [-0.05, 0) is 30.9 Å². The quantitative estimate of drug-likeness (QED) is 0.428. The lowest BCUT2D eigenvalue weighted by Gasteiger charge is -2.10. The number of hydrogen-bond acceptors (Lipinski definition) is 6. The van der Waals surface area contributed by atoms with E-state index in [2.05, 4.69) is 14.7 Å². The molecule has 1 aromatic carbocycles. The number of carbonyl (C=O) groups excluding carboxylic acids is 1. The predicted octanol–water partition coefficient (Wildman–Crippen LogP) is 2.91. The summed E-state index contributed by atoms with van der Waals surface area (Å²) in [6.45, 7) is 1.71. The van der Waals surface area contributed by atoms with Gasteiger partial charge in [-0.1, -0.05) is 24.8 Å². The molecule has 0 spiro atoms. The molecule has 0 aliphatic heterocycles. The fraction of sp³-hybridized carbons (Fsp3) is 0.312. The Morgan fingerprint density at radius 1 is 1.32 bits per heavy atom. The molecule has 2 rings (SSSR count). The molecule has 0 amide bonds. The number of sulfonamides is 1. The van der Waals surface area contributed by atoms with Crippen molar-refractivity contribution in [3.63, 3.8) is 0 Å². The van der Waals surface area contributed by atoms with E-state index in [0.29, 0.717) is 17.3 Å². The van der Waals surface area contributed by atoms with Gasteiger partial charge in [0.05, 0.1) is 29.1 Å². The molecule has 134 valence electrons. The molecule has 1 heterocycles. The largest absolute Gasteiger partial charge is 0.294 e. The van der Waals surface area contributed by atoms with Crippen LogP contribution in [0.15, 0.2) is 35.6 Å². The molecule has 9 heteroatoms. The maximum absolute atomic E-state index is 14.6. The Labute approximate surface area is 150 Å². The van der Waals surface area contributed by atoms with Gasteiger partial charge < -0.3 is 0 Å². The molecule has 0 aliphatic carbocycles. The molecule has 1 N–H and O–H groups in total. The number of aromatic nitrogens is 2. The summed E-state index contributed by atoms with van der Waals surface area (Å²) in [5.74, 6) is -1.49. The van der Waals surface area contributed by atoms with Gasteiger partial charge in [0.2, 0.25) is 10.0 Å². The lowest BCUT2D eigenvalue weighted by atomic mass is 10.1. The van der Waals surface area contributed by atoms with Crippen molar-refractivity contribution in [1.82, 2.24) is 9.97 Å². The second-order valence-corrected chi connectivity index (χ2v) is 7.84. The molecular weight excluding hydrogens is 365 g/mol. The maximum atomic E-state index is 14.6. The Morgan fingerprint density at radius 3 is 2.76 bits per heavy atom. The minimum atomic E-state index is -3.64. The van der Waals surface area contributed by atoms with Gasteiger partial charge >= 0.3 is 0 Å². The molecule has 0 saturated heterocycles. The summed E-state index contributed by atoms with van der Waals surface area (Å²) >= 11 is 1.34. The first-order chi connectivity index (χ1) is 11.9. The summed E-state index contributed by atoms with van der Waals surface area (Å²) in [4.78, 5) is 20.6. The van der Waals surface area contributed by atoms with E-state index in [1.54, 1.807) is 13.0 Å². The van der Waals surface area contributed by atoms with E-state index in [0.717, 1.165) is 0 Å². The summed E-state index contributed by atoms with van der Waals surface area (Å²) in [7, 11) is -3.64. The molecule has 0 fully saturated rings. The highest BCUT2D eigenvalue weighted by atomic mass is 32.2. The van der Waals surface area contributed by atoms with Crippen LogP contribution in [0, 0.1) is 5.82 Å². The summed E-state index contributed by atoms with van der Waals surface area (Å²) in [5, 5.41) is 0.520. The lowest BCUT2D eigenvalue weighted by Crippen LogP contribution is -2.18. The number of carbonyl (C=O) groups is 1. The average Bonchev–Trinajstić information content (AvgIpc) is 2.56. The second kappa shape index (κ2) is 8.39. The average molecular weight is 383 g/mol. The third-order valence-electron chi connectivity index (χ3n) is 3.25. The maximum Gasteiger partial charge on any atom is 0.232 e. The van der Waals surface area contributed by atoms with Crippen LogP contribution in [0.2, 0.25) is 0 Å². The zero-order valence-corrected chi connectivity index (χ0v) is 15.5. The molecule has 0 unspecified atom stereocenters. The fourth-order valence-electron chi connectivity index (χ4n) is 2.15. The van der Waals surface area contributed by atoms with Crippen molar-refractivity contribution in [2.75, 3.05) is 16.7 Å². The number of nitrogens with zero attached hydrogens (tertiary/aromatic N) is 2. The number of nitrogens with one attached hydrogen (secondary N) is 1. The summed E-state index contributed by atoms with van der Waals surface area (Å²) < 4.78 is 40.4. The van der Waals surface area contributed by atoms with Crippen LogP contribution in [0.3, 0.4) is 0 Å². The summed E-state index contributed by atoms with van der Waals surface area (Å²) in [5.41, 5.74) is 0.0634. The molecule has 25 heavy (non-hydrogen) atoms. The van der Waals surface area contributed by atoms with Crippen molar-refractivity contribution in [3.05, 3.63) is 47.5 Å². The number of Topliss-reactive ketones (excluding diaryl/α,β-unsaturated/α-hetero) is 1. The first-order valence-electron chi connectivity index (χ1n) is 7.54. The Morgan fingerprint density at radius 2 is 2.08 bits per heavy atom. The number of ketones is 1. The summed E-state index contributed by atoms with van der Waals surface area (Å²) in [6, 6.07) is 5.64. The monoisotopic (exact) mass is 383 g/mol. The van der Waals surface area contributed by atoms with Crippen LogP contribution in [0.1, 0.15) is 29.4 Å². The third kappa shape index (κ3) is 5.23. The number of rotatable bonds is 8. The van der Waals surface area contributed by atoms with Crippen LogP contribution in [0.5, 0.6) is 0 Å². The topological polar surface area (TPSA) is 89.0 Å². The molecule has 0 aliphatic rings. The fourth-order valence-corrected chi connectivity index (χ4v) is 3.65. The van der Waals surface area contributed by atoms with Gasteiger partial charge in [-0.2, -0.15) is 0 Å². The van der Waals surface area contributed by atoms with Crippen LogP contribution in [0.25, 0.3) is 0 Å². The van der Waals surface area contributed by atoms with Gasteiger partial charge in [-0.3, -0.25) is 9.52 Å². The van der Waals surface area contributed by atoms with Crippen molar-refractivity contribution >= 4 is 33.3 Å². The van der Waals surface area contributed by atoms with Crippen LogP contribution in [-0.2, 0) is 16.4 Å². The van der Waals surface area contributed by atoms with E-state index < -0.39 is 21.6 Å². The van der Waals surface area contributed by atoms with E-state index in [9.17, 15) is 17.6 Å². The van der Waals surface area contributed by atoms with Crippen molar-refractivity contribution in [2.45, 2.75) is 24.9 Å². The van der Waals surface area contributed by atoms with Crippen molar-refractivity contribution in [2.24, 2.45) is 0 Å². The molecule has 0 atom stereocenters. The van der Waals surface area contributed by atoms with Gasteiger partial charge in [-0.15, -0.1) is 0 Å². The van der Waals surface area contributed by atoms with Crippen molar-refractivity contribution < 1.29 is 17.6 Å². The van der Waals surface area contributed by atoms with Crippen LogP contribution >= 0.6 is 11.8 Å². The van der Waals surface area contributed by atoms with Gasteiger partial charge in [-0.25, -0.2) is 22.8 Å². The minimum Gasteiger partial charge on any atom is -0.294 e. The Hall–Kier alpha value is -2.00. The number of benzene rings is 1. The molecule has 2 aromatic rings. The smallest absolute Gasteiger partial charge is 0.232 e. The minimum absolute atomic E-state index is 0.0990. The summed E-state index contributed by atoms with van der Waals surface area (Å²) in [6.07, 6.45) is 3.65. The zero-order valence-electron chi connectivity index (χ0n) is 13.8.